The first-order valence-electron chi connectivity index (χ1n) is 8.81. The molecule has 0 heterocycles. The van der Waals surface area contributed by atoms with Crippen LogP contribution in [0, 0.1) is 34.9 Å². The van der Waals surface area contributed by atoms with Crippen LogP contribution < -0.4 is 15.6 Å². The first-order valence-corrected chi connectivity index (χ1v) is 10.7. The smallest absolute Gasteiger partial charge is 0.351 e. The van der Waals surface area contributed by atoms with E-state index in [0.29, 0.717) is 0 Å². The number of hydrogen-bond donors (Lipinski definition) is 0. The molecule has 0 atom stereocenters. The van der Waals surface area contributed by atoms with Gasteiger partial charge in [-0.3, -0.25) is 0 Å². The average Bonchev–Trinajstić information content (AvgIpc) is 2.72. The Labute approximate surface area is 174 Å². The normalized spacial score (nSPS) is 11.3. The van der Waals surface area contributed by atoms with Gasteiger partial charge < -0.3 is 4.43 Å². The Bertz CT molecular complexity index is 1070. The number of halogens is 6. The molecular formula is C22H14F6O2Si. The molecule has 3 rings (SSSR count). The van der Waals surface area contributed by atoms with Gasteiger partial charge in [0.15, 0.2) is 34.9 Å². The maximum Gasteiger partial charge on any atom is 0.351 e. The van der Waals surface area contributed by atoms with Crippen molar-refractivity contribution in [3.63, 3.8) is 0 Å². The summed E-state index contributed by atoms with van der Waals surface area (Å²) in [6.07, 6.45) is 0. The summed E-state index contributed by atoms with van der Waals surface area (Å²) in [5.74, 6) is -8.58. The van der Waals surface area contributed by atoms with Gasteiger partial charge in [0.05, 0.1) is 0 Å². The maximum absolute atomic E-state index is 14.1. The first-order chi connectivity index (χ1) is 14.6. The summed E-state index contributed by atoms with van der Waals surface area (Å²) in [6, 6.07) is 7.65. The molecule has 0 radical (unpaired) electrons. The highest BCUT2D eigenvalue weighted by molar-refractivity contribution is 7.07. The van der Waals surface area contributed by atoms with Gasteiger partial charge in [0.1, 0.15) is 0 Å². The second-order valence-electron chi connectivity index (χ2n) is 6.74. The highest BCUT2D eigenvalue weighted by Gasteiger charge is 2.47. The molecule has 0 aliphatic rings. The van der Waals surface area contributed by atoms with E-state index in [-0.39, 0.29) is 21.1 Å². The zero-order valence-electron chi connectivity index (χ0n) is 16.0. The predicted molar refractivity (Wildman–Crippen MR) is 105 cm³/mol. The molecule has 3 aromatic rings. The molecule has 0 fully saturated rings. The summed E-state index contributed by atoms with van der Waals surface area (Å²) in [4.78, 5) is 12.5. The molecule has 0 amide bonds. The predicted octanol–water partition coefficient (Wildman–Crippen LogP) is 3.61. The van der Waals surface area contributed by atoms with Gasteiger partial charge in [0, 0.05) is 5.57 Å². The molecule has 0 saturated carbocycles. The number of rotatable bonds is 5. The van der Waals surface area contributed by atoms with E-state index in [1.54, 1.807) is 0 Å². The third-order valence-corrected chi connectivity index (χ3v) is 8.44. The van der Waals surface area contributed by atoms with Crippen LogP contribution in [-0.4, -0.2) is 14.3 Å². The van der Waals surface area contributed by atoms with Crippen LogP contribution in [0.15, 0.2) is 66.7 Å². The molecule has 0 aromatic heterocycles. The molecule has 0 aliphatic carbocycles. The molecule has 31 heavy (non-hydrogen) atoms. The lowest BCUT2D eigenvalue weighted by Gasteiger charge is -2.32. The van der Waals surface area contributed by atoms with E-state index < -0.39 is 49.2 Å². The van der Waals surface area contributed by atoms with Crippen molar-refractivity contribution >= 4 is 29.8 Å². The van der Waals surface area contributed by atoms with Crippen LogP contribution in [0.4, 0.5) is 26.3 Å². The molecule has 0 saturated heterocycles. The molecule has 0 N–H and O–H groups in total. The van der Waals surface area contributed by atoms with Gasteiger partial charge in [-0.05, 0) is 58.9 Å². The Morgan fingerprint density at radius 3 is 1.26 bits per heavy atom. The Hall–Kier alpha value is -3.33. The highest BCUT2D eigenvalue weighted by Crippen LogP contribution is 2.17. The molecule has 0 spiro atoms. The Morgan fingerprint density at radius 2 is 1.00 bits per heavy atom. The van der Waals surface area contributed by atoms with Gasteiger partial charge in [-0.15, -0.1) is 0 Å². The number of hydrogen-bond acceptors (Lipinski definition) is 2. The monoisotopic (exact) mass is 452 g/mol. The zero-order valence-corrected chi connectivity index (χ0v) is 17.0. The van der Waals surface area contributed by atoms with E-state index in [1.165, 1.54) is 6.92 Å². The van der Waals surface area contributed by atoms with Gasteiger partial charge in [0.25, 0.3) is 0 Å². The van der Waals surface area contributed by atoms with Gasteiger partial charge in [-0.1, -0.05) is 24.8 Å². The maximum atomic E-state index is 14.1. The fourth-order valence-electron chi connectivity index (χ4n) is 3.05. The Balaban J connectivity index is 2.45. The average molecular weight is 452 g/mol. The first kappa shape index (κ1) is 22.4. The van der Waals surface area contributed by atoms with Crippen molar-refractivity contribution in [3.8, 4) is 0 Å². The van der Waals surface area contributed by atoms with Crippen LogP contribution in [0.5, 0.6) is 0 Å². The minimum atomic E-state index is -4.34. The second-order valence-corrected chi connectivity index (χ2v) is 10.0. The van der Waals surface area contributed by atoms with Gasteiger partial charge >= 0.3 is 14.3 Å². The molecule has 0 aliphatic heterocycles. The van der Waals surface area contributed by atoms with E-state index in [1.807, 2.05) is 0 Å². The van der Waals surface area contributed by atoms with Crippen LogP contribution in [0.2, 0.25) is 0 Å². The lowest BCUT2D eigenvalue weighted by Crippen LogP contribution is -2.70. The summed E-state index contributed by atoms with van der Waals surface area (Å²) < 4.78 is 89.0. The summed E-state index contributed by atoms with van der Waals surface area (Å²) in [6.45, 7) is 4.77. The quantitative estimate of drug-likeness (QED) is 0.256. The van der Waals surface area contributed by atoms with E-state index in [9.17, 15) is 31.1 Å². The fourth-order valence-corrected chi connectivity index (χ4v) is 6.80. The number of carbonyl (C=O) groups is 1. The fraction of sp³-hybridized carbons (Fsp3) is 0.0455. The summed E-state index contributed by atoms with van der Waals surface area (Å²) in [5, 5.41) is -0.381. The van der Waals surface area contributed by atoms with Crippen LogP contribution in [0.1, 0.15) is 6.92 Å². The SMILES string of the molecule is C=C(C)C(=O)O[Si](c1ccc(F)c(F)c1)(c1ccc(F)c(F)c1)c1ccc(F)c(F)c1. The molecule has 9 heteroatoms. The van der Waals surface area contributed by atoms with Crippen LogP contribution >= 0.6 is 0 Å². The van der Waals surface area contributed by atoms with Crippen molar-refractivity contribution in [1.29, 1.82) is 0 Å². The van der Waals surface area contributed by atoms with Gasteiger partial charge in [0.2, 0.25) is 0 Å². The molecule has 0 unspecified atom stereocenters. The number of carbonyl (C=O) groups excluding carboxylic acids is 1. The van der Waals surface area contributed by atoms with Crippen molar-refractivity contribution in [2.75, 3.05) is 0 Å². The standard InChI is InChI=1S/C22H14F6O2Si/c1-12(2)22(29)30-31(13-3-6-16(23)19(26)9-13,14-4-7-17(24)20(27)10-14)15-5-8-18(25)21(28)11-15/h3-11H,1H2,2H3. The highest BCUT2D eigenvalue weighted by atomic mass is 28.4. The van der Waals surface area contributed by atoms with Crippen molar-refractivity contribution < 1.29 is 35.6 Å². The molecular weight excluding hydrogens is 438 g/mol. The molecule has 2 nitrogen and oxygen atoms in total. The van der Waals surface area contributed by atoms with Crippen molar-refractivity contribution in [1.82, 2.24) is 0 Å². The van der Waals surface area contributed by atoms with Crippen molar-refractivity contribution in [3.05, 3.63) is 102 Å². The largest absolute Gasteiger partial charge is 0.502 e. The van der Waals surface area contributed by atoms with Crippen molar-refractivity contribution in [2.45, 2.75) is 6.92 Å². The third kappa shape index (κ3) is 4.13. The topological polar surface area (TPSA) is 26.3 Å². The molecule has 160 valence electrons. The lowest BCUT2D eigenvalue weighted by molar-refractivity contribution is -0.130. The van der Waals surface area contributed by atoms with Crippen LogP contribution in [-0.2, 0) is 9.22 Å². The van der Waals surface area contributed by atoms with Crippen LogP contribution in [0.25, 0.3) is 0 Å². The summed E-state index contributed by atoms with van der Waals surface area (Å²) >= 11 is 0. The minimum Gasteiger partial charge on any atom is -0.502 e. The van der Waals surface area contributed by atoms with Crippen molar-refractivity contribution in [2.24, 2.45) is 0 Å². The van der Waals surface area contributed by atoms with Gasteiger partial charge in [-0.25, -0.2) is 31.1 Å². The second kappa shape index (κ2) is 8.42. The zero-order chi connectivity index (χ0) is 22.9. The molecule has 3 aromatic carbocycles. The number of benzene rings is 3. The lowest BCUT2D eigenvalue weighted by atomic mass is 10.3. The summed E-state index contributed by atoms with van der Waals surface area (Å²) in [7, 11) is -4.34. The van der Waals surface area contributed by atoms with Gasteiger partial charge in [-0.2, -0.15) is 0 Å². The Kier molecular flexibility index (Phi) is 6.07. The molecule has 0 bridgehead atoms. The van der Waals surface area contributed by atoms with E-state index in [4.69, 9.17) is 4.43 Å². The van der Waals surface area contributed by atoms with Crippen LogP contribution in [0.3, 0.4) is 0 Å². The Morgan fingerprint density at radius 1 is 0.677 bits per heavy atom. The minimum absolute atomic E-state index is 0.0929. The van der Waals surface area contributed by atoms with E-state index in [0.717, 1.165) is 54.6 Å². The van der Waals surface area contributed by atoms with E-state index in [2.05, 4.69) is 6.58 Å². The summed E-state index contributed by atoms with van der Waals surface area (Å²) in [5.41, 5.74) is -0.0929. The third-order valence-electron chi connectivity index (χ3n) is 4.57. The van der Waals surface area contributed by atoms with E-state index >= 15 is 0 Å².